The fourth-order valence-electron chi connectivity index (χ4n) is 5.17. The minimum absolute atomic E-state index is 0.0986. The predicted octanol–water partition coefficient (Wildman–Crippen LogP) is 3.37. The number of benzene rings is 2. The Bertz CT molecular complexity index is 1120. The van der Waals surface area contributed by atoms with E-state index in [1.165, 1.54) is 7.11 Å². The van der Waals surface area contributed by atoms with Gasteiger partial charge in [0.2, 0.25) is 12.5 Å². The second kappa shape index (κ2) is 8.62. The molecule has 0 aromatic heterocycles. The molecule has 2 aromatic carbocycles. The van der Waals surface area contributed by atoms with Crippen molar-refractivity contribution in [1.82, 2.24) is 0 Å². The topological polar surface area (TPSA) is 98.8 Å². The van der Waals surface area contributed by atoms with Crippen LogP contribution in [0.15, 0.2) is 24.3 Å². The maximum Gasteiger partial charge on any atom is 0.310 e. The second-order valence-electron chi connectivity index (χ2n) is 8.35. The molecular formula is C25H26O9. The SMILES string of the molecule is CCC(=O)O[C@H]1c2cc3c(cc2C(c2cc(OC)c(OC)c(OC)c2)[C@@H]2C(=O)OC[C@H]12)OCO3. The Morgan fingerprint density at radius 3 is 2.18 bits per heavy atom. The molecule has 9 heteroatoms. The van der Waals surface area contributed by atoms with E-state index in [9.17, 15) is 9.59 Å². The lowest BCUT2D eigenvalue weighted by molar-refractivity contribution is -0.154. The minimum Gasteiger partial charge on any atom is -0.493 e. The number of cyclic esters (lactones) is 1. The Morgan fingerprint density at radius 2 is 1.59 bits per heavy atom. The summed E-state index contributed by atoms with van der Waals surface area (Å²) in [5.41, 5.74) is 2.35. The summed E-state index contributed by atoms with van der Waals surface area (Å²) in [7, 11) is 4.62. The molecule has 2 heterocycles. The third-order valence-corrected chi connectivity index (χ3v) is 6.71. The monoisotopic (exact) mass is 470 g/mol. The molecule has 1 saturated heterocycles. The maximum atomic E-state index is 13.1. The molecule has 9 nitrogen and oxygen atoms in total. The molecule has 1 aliphatic carbocycles. The standard InChI is InChI=1S/C25H26O9/c1-5-20(26)34-23-14-9-17-16(32-11-33-17)8-13(14)21(22-15(23)10-31-25(22)27)12-6-18(28-2)24(30-4)19(7-12)29-3/h6-9,15,21-23H,5,10-11H2,1-4H3/t15-,21?,22+,23-/m0/s1. The van der Waals surface area contributed by atoms with Gasteiger partial charge in [0.1, 0.15) is 6.10 Å². The number of rotatable bonds is 6. The largest absolute Gasteiger partial charge is 0.493 e. The third kappa shape index (κ3) is 3.38. The van der Waals surface area contributed by atoms with Crippen LogP contribution in [0.4, 0.5) is 0 Å². The van der Waals surface area contributed by atoms with E-state index in [1.54, 1.807) is 21.1 Å². The molecule has 4 atom stereocenters. The minimum atomic E-state index is -0.647. The van der Waals surface area contributed by atoms with Crippen molar-refractivity contribution in [3.63, 3.8) is 0 Å². The van der Waals surface area contributed by atoms with Crippen molar-refractivity contribution in [1.29, 1.82) is 0 Å². The van der Waals surface area contributed by atoms with Crippen LogP contribution in [-0.2, 0) is 19.1 Å². The number of carbonyl (C=O) groups is 2. The Labute approximate surface area is 196 Å². The number of hydrogen-bond donors (Lipinski definition) is 0. The first kappa shape index (κ1) is 22.2. The van der Waals surface area contributed by atoms with Gasteiger partial charge in [-0.1, -0.05) is 6.92 Å². The first-order valence-electron chi connectivity index (χ1n) is 11.1. The lowest BCUT2D eigenvalue weighted by Crippen LogP contribution is -2.36. The van der Waals surface area contributed by atoms with Crippen molar-refractivity contribution in [3.05, 3.63) is 41.0 Å². The molecule has 2 aromatic rings. The van der Waals surface area contributed by atoms with E-state index in [0.717, 1.165) is 16.7 Å². The first-order valence-corrected chi connectivity index (χ1v) is 11.1. The van der Waals surface area contributed by atoms with Crippen LogP contribution in [0.2, 0.25) is 0 Å². The molecule has 0 amide bonds. The summed E-state index contributed by atoms with van der Waals surface area (Å²) >= 11 is 0. The van der Waals surface area contributed by atoms with Gasteiger partial charge >= 0.3 is 11.9 Å². The highest BCUT2D eigenvalue weighted by Crippen LogP contribution is 2.56. The average Bonchev–Trinajstić information content (AvgIpc) is 3.48. The van der Waals surface area contributed by atoms with E-state index < -0.39 is 17.9 Å². The quantitative estimate of drug-likeness (QED) is 0.589. The van der Waals surface area contributed by atoms with E-state index in [4.69, 9.17) is 33.2 Å². The molecule has 34 heavy (non-hydrogen) atoms. The van der Waals surface area contributed by atoms with Gasteiger partial charge in [0, 0.05) is 23.8 Å². The number of carbonyl (C=O) groups excluding carboxylic acids is 2. The van der Waals surface area contributed by atoms with Crippen molar-refractivity contribution in [2.24, 2.45) is 11.8 Å². The average molecular weight is 470 g/mol. The van der Waals surface area contributed by atoms with Gasteiger partial charge in [-0.25, -0.2) is 0 Å². The molecule has 0 radical (unpaired) electrons. The maximum absolute atomic E-state index is 13.1. The summed E-state index contributed by atoms with van der Waals surface area (Å²) in [6.07, 6.45) is -0.425. The number of ether oxygens (including phenoxy) is 7. The summed E-state index contributed by atoms with van der Waals surface area (Å²) < 4.78 is 39.2. The first-order chi connectivity index (χ1) is 16.5. The fourth-order valence-corrected chi connectivity index (χ4v) is 5.17. The molecular weight excluding hydrogens is 444 g/mol. The second-order valence-corrected chi connectivity index (χ2v) is 8.35. The van der Waals surface area contributed by atoms with E-state index >= 15 is 0 Å². The lowest BCUT2D eigenvalue weighted by atomic mass is 9.66. The molecule has 0 N–H and O–H groups in total. The molecule has 3 aliphatic rings. The van der Waals surface area contributed by atoms with E-state index in [0.29, 0.717) is 28.7 Å². The van der Waals surface area contributed by atoms with E-state index in [1.807, 2.05) is 24.3 Å². The van der Waals surface area contributed by atoms with Crippen molar-refractivity contribution in [2.45, 2.75) is 25.4 Å². The third-order valence-electron chi connectivity index (χ3n) is 6.71. The van der Waals surface area contributed by atoms with Crippen LogP contribution < -0.4 is 23.7 Å². The van der Waals surface area contributed by atoms with Gasteiger partial charge < -0.3 is 33.2 Å². The molecule has 5 rings (SSSR count). The van der Waals surface area contributed by atoms with Crippen LogP contribution in [0.1, 0.15) is 42.1 Å². The van der Waals surface area contributed by atoms with Gasteiger partial charge in [-0.3, -0.25) is 9.59 Å². The van der Waals surface area contributed by atoms with Crippen molar-refractivity contribution < 1.29 is 42.7 Å². The summed E-state index contributed by atoms with van der Waals surface area (Å²) in [6.45, 7) is 1.99. The van der Waals surface area contributed by atoms with E-state index in [2.05, 4.69) is 0 Å². The molecule has 1 fully saturated rings. The Kier molecular flexibility index (Phi) is 5.63. The smallest absolute Gasteiger partial charge is 0.310 e. The predicted molar refractivity (Wildman–Crippen MR) is 118 cm³/mol. The van der Waals surface area contributed by atoms with Gasteiger partial charge in [0.05, 0.1) is 33.9 Å². The Hall–Kier alpha value is -3.62. The van der Waals surface area contributed by atoms with Crippen LogP contribution in [0.25, 0.3) is 0 Å². The van der Waals surface area contributed by atoms with Crippen LogP contribution in [-0.4, -0.2) is 46.7 Å². The van der Waals surface area contributed by atoms with E-state index in [-0.39, 0.29) is 37.7 Å². The van der Waals surface area contributed by atoms with Gasteiger partial charge in [0.15, 0.2) is 23.0 Å². The zero-order chi connectivity index (χ0) is 24.0. The van der Waals surface area contributed by atoms with Crippen molar-refractivity contribution in [3.8, 4) is 28.7 Å². The summed E-state index contributed by atoms with van der Waals surface area (Å²) in [6, 6.07) is 7.37. The lowest BCUT2D eigenvalue weighted by Gasteiger charge is -2.38. The molecule has 0 spiro atoms. The number of fused-ring (bicyclic) bond motifs is 3. The van der Waals surface area contributed by atoms with Crippen LogP contribution in [0.5, 0.6) is 28.7 Å². The number of esters is 2. The van der Waals surface area contributed by atoms with Gasteiger partial charge in [-0.05, 0) is 35.4 Å². The highest BCUT2D eigenvalue weighted by molar-refractivity contribution is 5.79. The highest BCUT2D eigenvalue weighted by Gasteiger charge is 2.54. The van der Waals surface area contributed by atoms with Crippen LogP contribution in [0.3, 0.4) is 0 Å². The number of methoxy groups -OCH3 is 3. The van der Waals surface area contributed by atoms with Crippen LogP contribution in [0, 0.1) is 11.8 Å². The molecule has 180 valence electrons. The zero-order valence-electron chi connectivity index (χ0n) is 19.4. The van der Waals surface area contributed by atoms with Crippen molar-refractivity contribution >= 4 is 11.9 Å². The normalized spacial score (nSPS) is 24.1. The molecule has 1 unspecified atom stereocenters. The van der Waals surface area contributed by atoms with Gasteiger partial charge in [-0.2, -0.15) is 0 Å². The highest BCUT2D eigenvalue weighted by atomic mass is 16.7. The van der Waals surface area contributed by atoms with Crippen LogP contribution >= 0.6 is 0 Å². The summed E-state index contributed by atoms with van der Waals surface area (Å²) in [4.78, 5) is 25.4. The fraction of sp³-hybridized carbons (Fsp3) is 0.440. The molecule has 0 bridgehead atoms. The number of hydrogen-bond acceptors (Lipinski definition) is 9. The Balaban J connectivity index is 1.73. The molecule has 2 aliphatic heterocycles. The molecule has 0 saturated carbocycles. The Morgan fingerprint density at radius 1 is 0.941 bits per heavy atom. The van der Waals surface area contributed by atoms with Gasteiger partial charge in [0.25, 0.3) is 0 Å². The van der Waals surface area contributed by atoms with Gasteiger partial charge in [-0.15, -0.1) is 0 Å². The summed E-state index contributed by atoms with van der Waals surface area (Å²) in [5.74, 6) is 0.492. The summed E-state index contributed by atoms with van der Waals surface area (Å²) in [5, 5.41) is 0. The zero-order valence-corrected chi connectivity index (χ0v) is 19.4. The van der Waals surface area contributed by atoms with Crippen molar-refractivity contribution in [2.75, 3.05) is 34.7 Å².